The molecule has 1 unspecified atom stereocenters. The third kappa shape index (κ3) is 1.78. The van der Waals surface area contributed by atoms with E-state index in [1.54, 1.807) is 14.2 Å². The Labute approximate surface area is 203 Å². The summed E-state index contributed by atoms with van der Waals surface area (Å²) in [4.78, 5) is 2.42. The van der Waals surface area contributed by atoms with Crippen molar-refractivity contribution in [2.45, 2.75) is 41.4 Å². The van der Waals surface area contributed by atoms with Gasteiger partial charge in [-0.3, -0.25) is 0 Å². The fraction of sp³-hybridized carbons (Fsp3) is 0.379. The van der Waals surface area contributed by atoms with Crippen LogP contribution >= 0.6 is 0 Å². The van der Waals surface area contributed by atoms with Crippen LogP contribution in [-0.2, 0) is 27.6 Å². The Hall–Kier alpha value is -3.22. The van der Waals surface area contributed by atoms with Gasteiger partial charge >= 0.3 is 0 Å². The van der Waals surface area contributed by atoms with Crippen LogP contribution in [0.3, 0.4) is 0 Å². The van der Waals surface area contributed by atoms with E-state index in [2.05, 4.69) is 30.2 Å². The molecular formula is C29H27NO5. The average molecular weight is 470 g/mol. The minimum atomic E-state index is -1.05. The maximum Gasteiger partial charge on any atom is 0.166 e. The van der Waals surface area contributed by atoms with Crippen LogP contribution in [0, 0.1) is 0 Å². The lowest BCUT2D eigenvalue weighted by Crippen LogP contribution is -2.77. The molecule has 4 aliphatic carbocycles. The van der Waals surface area contributed by atoms with Crippen LogP contribution < -0.4 is 9.47 Å². The van der Waals surface area contributed by atoms with Gasteiger partial charge in [0.2, 0.25) is 0 Å². The van der Waals surface area contributed by atoms with E-state index in [0.29, 0.717) is 22.1 Å². The van der Waals surface area contributed by atoms with Crippen LogP contribution in [0.25, 0.3) is 10.8 Å². The molecule has 3 aromatic carbocycles. The first-order chi connectivity index (χ1) is 17.0. The molecule has 9 rings (SSSR count). The predicted octanol–water partition coefficient (Wildman–Crippen LogP) is 3.88. The second-order valence-corrected chi connectivity index (χ2v) is 10.7. The molecule has 0 amide bonds. The zero-order valence-electron chi connectivity index (χ0n) is 20.0. The molecule has 0 saturated carbocycles. The number of methoxy groups -OCH3 is 2. The van der Waals surface area contributed by atoms with Crippen molar-refractivity contribution in [2.24, 2.45) is 0 Å². The number of nitrogens with zero attached hydrogens (tertiary/aromatic N) is 1. The molecule has 1 fully saturated rings. The first kappa shape index (κ1) is 20.0. The molecule has 6 aliphatic rings. The van der Waals surface area contributed by atoms with Crippen molar-refractivity contribution in [1.29, 1.82) is 0 Å². The zero-order chi connectivity index (χ0) is 23.9. The molecule has 2 spiro atoms. The van der Waals surface area contributed by atoms with E-state index in [1.165, 1.54) is 11.1 Å². The number of fused-ring (bicyclic) bond motifs is 1. The topological polar surface area (TPSA) is 71.4 Å². The number of benzene rings is 3. The number of phenolic OH excluding ortho intramolecular Hbond substituents is 2. The molecule has 0 radical (unpaired) electrons. The van der Waals surface area contributed by atoms with Crippen molar-refractivity contribution >= 4 is 10.8 Å². The Morgan fingerprint density at radius 3 is 2.43 bits per heavy atom. The summed E-state index contributed by atoms with van der Waals surface area (Å²) in [5.74, 6) is 1.89. The predicted molar refractivity (Wildman–Crippen MR) is 131 cm³/mol. The molecule has 2 N–H and O–H groups in total. The summed E-state index contributed by atoms with van der Waals surface area (Å²) < 4.78 is 19.1. The van der Waals surface area contributed by atoms with Gasteiger partial charge in [-0.25, -0.2) is 0 Å². The molecule has 5 atom stereocenters. The van der Waals surface area contributed by atoms with E-state index in [9.17, 15) is 10.2 Å². The van der Waals surface area contributed by atoms with Crippen molar-refractivity contribution in [1.82, 2.24) is 4.90 Å². The van der Waals surface area contributed by atoms with Gasteiger partial charge in [0.15, 0.2) is 17.1 Å². The quantitative estimate of drug-likeness (QED) is 0.439. The number of rotatable bonds is 2. The minimum absolute atomic E-state index is 0.0887. The smallest absolute Gasteiger partial charge is 0.166 e. The second-order valence-electron chi connectivity index (χ2n) is 10.7. The number of likely N-dealkylation sites (N-methyl/N-ethyl adjacent to an activating group) is 1. The maximum absolute atomic E-state index is 12.0. The Balaban J connectivity index is 1.61. The van der Waals surface area contributed by atoms with Gasteiger partial charge in [-0.2, -0.15) is 0 Å². The fourth-order valence-electron chi connectivity index (χ4n) is 8.66. The van der Waals surface area contributed by atoms with Gasteiger partial charge in [-0.15, -0.1) is 0 Å². The van der Waals surface area contributed by atoms with E-state index in [1.807, 2.05) is 30.3 Å². The molecule has 2 aliphatic heterocycles. The average Bonchev–Trinajstić information content (AvgIpc) is 3.26. The highest BCUT2D eigenvalue weighted by atomic mass is 16.6. The van der Waals surface area contributed by atoms with Crippen LogP contribution in [0.4, 0.5) is 0 Å². The van der Waals surface area contributed by atoms with Gasteiger partial charge in [-0.05, 0) is 44.1 Å². The minimum Gasteiger partial charge on any atom is -0.507 e. The highest BCUT2D eigenvalue weighted by Gasteiger charge is 2.79. The second kappa shape index (κ2) is 5.94. The van der Waals surface area contributed by atoms with Crippen molar-refractivity contribution in [3.8, 4) is 23.0 Å². The van der Waals surface area contributed by atoms with Crippen LogP contribution in [0.5, 0.6) is 23.0 Å². The van der Waals surface area contributed by atoms with E-state index in [-0.39, 0.29) is 17.5 Å². The lowest BCUT2D eigenvalue weighted by atomic mass is 9.37. The Bertz CT molecular complexity index is 1510. The molecule has 6 nitrogen and oxygen atoms in total. The Kier molecular flexibility index (Phi) is 3.40. The summed E-state index contributed by atoms with van der Waals surface area (Å²) in [5, 5.41) is 25.1. The normalized spacial score (nSPS) is 35.1. The first-order valence-corrected chi connectivity index (χ1v) is 12.3. The molecule has 4 bridgehead atoms. The van der Waals surface area contributed by atoms with Crippen molar-refractivity contribution < 1.29 is 24.4 Å². The molecule has 1 saturated heterocycles. The van der Waals surface area contributed by atoms with Gasteiger partial charge < -0.3 is 29.3 Å². The summed E-state index contributed by atoms with van der Waals surface area (Å²) in [7, 11) is 5.52. The number of phenols is 2. The summed E-state index contributed by atoms with van der Waals surface area (Å²) in [6.07, 6.45) is 5.62. The number of hydrogen-bond donors (Lipinski definition) is 2. The van der Waals surface area contributed by atoms with E-state index in [4.69, 9.17) is 14.2 Å². The Morgan fingerprint density at radius 2 is 1.71 bits per heavy atom. The highest BCUT2D eigenvalue weighted by Crippen LogP contribution is 2.76. The van der Waals surface area contributed by atoms with Crippen molar-refractivity contribution in [3.63, 3.8) is 0 Å². The lowest BCUT2D eigenvalue weighted by molar-refractivity contribution is -0.145. The first-order valence-electron chi connectivity index (χ1n) is 12.3. The lowest BCUT2D eigenvalue weighted by Gasteiger charge is -2.69. The summed E-state index contributed by atoms with van der Waals surface area (Å²) in [6.45, 7) is 0.908. The van der Waals surface area contributed by atoms with Gasteiger partial charge in [0.1, 0.15) is 17.6 Å². The number of likely N-dealkylation sites (tertiary alicyclic amines) is 1. The van der Waals surface area contributed by atoms with Gasteiger partial charge in [0.25, 0.3) is 0 Å². The number of ether oxygens (including phenoxy) is 3. The molecule has 3 aromatic rings. The van der Waals surface area contributed by atoms with Crippen molar-refractivity contribution in [3.05, 3.63) is 70.8 Å². The number of piperidine rings is 1. The summed E-state index contributed by atoms with van der Waals surface area (Å²) in [5.41, 5.74) is 1.79. The van der Waals surface area contributed by atoms with Gasteiger partial charge in [0.05, 0.1) is 12.5 Å². The van der Waals surface area contributed by atoms with Crippen LogP contribution in [-0.4, -0.2) is 55.1 Å². The third-order valence-electron chi connectivity index (χ3n) is 9.91. The monoisotopic (exact) mass is 469 g/mol. The third-order valence-corrected chi connectivity index (χ3v) is 9.91. The van der Waals surface area contributed by atoms with Gasteiger partial charge in [-0.1, -0.05) is 36.4 Å². The van der Waals surface area contributed by atoms with Crippen LogP contribution in [0.1, 0.15) is 28.7 Å². The van der Waals surface area contributed by atoms with E-state index < -0.39 is 22.5 Å². The molecule has 6 heteroatoms. The Morgan fingerprint density at radius 1 is 0.971 bits per heavy atom. The maximum atomic E-state index is 12.0. The van der Waals surface area contributed by atoms with Gasteiger partial charge in [0, 0.05) is 46.0 Å². The molecule has 2 heterocycles. The standard InChI is InChI=1S/C29H27NO5/c1-30-13-12-28-20-15-8-9-18(33-2)25(20)35-26(28)29(34-3)11-10-27(28,19(30)14-15)21-22(29)24(32)17-7-5-4-6-16(17)23(21)31/h4-11,19,26,31-32H,12-14H2,1-3H3/t19-,26-,27+,28+,29?/m1/s1. The van der Waals surface area contributed by atoms with E-state index in [0.717, 1.165) is 30.7 Å². The van der Waals surface area contributed by atoms with Crippen LogP contribution in [0.15, 0.2) is 48.6 Å². The SMILES string of the molecule is COc1ccc2c3c1O[C@H]1C4(OC)C=C[C@@]5(c6c4c(O)c4ccccc4c6O)[C@@H](C2)N(C)CC[C@]315. The molecular weight excluding hydrogens is 442 g/mol. The highest BCUT2D eigenvalue weighted by molar-refractivity contribution is 5.98. The molecule has 35 heavy (non-hydrogen) atoms. The summed E-state index contributed by atoms with van der Waals surface area (Å²) >= 11 is 0. The fourth-order valence-corrected chi connectivity index (χ4v) is 8.66. The van der Waals surface area contributed by atoms with Crippen LogP contribution in [0.2, 0.25) is 0 Å². The van der Waals surface area contributed by atoms with E-state index >= 15 is 0 Å². The summed E-state index contributed by atoms with van der Waals surface area (Å²) in [6, 6.07) is 11.8. The zero-order valence-corrected chi connectivity index (χ0v) is 20.0. The molecule has 178 valence electrons. The van der Waals surface area contributed by atoms with Crippen molar-refractivity contribution in [2.75, 3.05) is 27.8 Å². The number of aromatic hydroxyl groups is 2. The number of hydrogen-bond acceptors (Lipinski definition) is 6. The largest absolute Gasteiger partial charge is 0.507 e. The molecule has 0 aromatic heterocycles.